The highest BCUT2D eigenvalue weighted by Crippen LogP contribution is 2.18. The van der Waals surface area contributed by atoms with E-state index in [4.69, 9.17) is 0 Å². The van der Waals surface area contributed by atoms with Gasteiger partial charge in [0.15, 0.2) is 0 Å². The van der Waals surface area contributed by atoms with Crippen molar-refractivity contribution in [3.05, 3.63) is 51.5 Å². The average molecular weight is 282 g/mol. The van der Waals surface area contributed by atoms with Gasteiger partial charge < -0.3 is 5.32 Å². The Labute approximate surface area is 115 Å². The molecule has 0 aliphatic rings. The van der Waals surface area contributed by atoms with Crippen LogP contribution in [0, 0.1) is 6.92 Å². The van der Waals surface area contributed by atoms with E-state index in [1.807, 2.05) is 12.3 Å². The van der Waals surface area contributed by atoms with Gasteiger partial charge in [-0.3, -0.25) is 0 Å². The average Bonchev–Trinajstić information content (AvgIpc) is 2.81. The molecule has 1 aromatic heterocycles. The second-order valence-corrected chi connectivity index (χ2v) is 5.29. The van der Waals surface area contributed by atoms with Gasteiger partial charge in [-0.25, -0.2) is 13.8 Å². The van der Waals surface area contributed by atoms with E-state index in [1.54, 1.807) is 23.5 Å². The maximum atomic E-state index is 12.4. The van der Waals surface area contributed by atoms with Crippen LogP contribution in [0.15, 0.2) is 29.6 Å². The predicted molar refractivity (Wildman–Crippen MR) is 73.7 cm³/mol. The van der Waals surface area contributed by atoms with Gasteiger partial charge in [-0.2, -0.15) is 0 Å². The van der Waals surface area contributed by atoms with E-state index in [0.717, 1.165) is 29.2 Å². The number of alkyl halides is 2. The van der Waals surface area contributed by atoms with Crippen LogP contribution in [0.25, 0.3) is 0 Å². The van der Waals surface area contributed by atoms with Crippen molar-refractivity contribution < 1.29 is 8.78 Å². The summed E-state index contributed by atoms with van der Waals surface area (Å²) in [4.78, 5) is 4.38. The van der Waals surface area contributed by atoms with Crippen LogP contribution in [0.1, 0.15) is 28.3 Å². The minimum Gasteiger partial charge on any atom is -0.312 e. The minimum atomic E-state index is -2.39. The highest BCUT2D eigenvalue weighted by Gasteiger charge is 2.05. The van der Waals surface area contributed by atoms with E-state index in [-0.39, 0.29) is 5.56 Å². The number of hydrogen-bond donors (Lipinski definition) is 1. The highest BCUT2D eigenvalue weighted by atomic mass is 32.1. The standard InChI is InChI=1S/C14H16F2N2S/c1-10-9-19-13(18-10)6-7-17-8-11-2-4-12(5-3-11)14(15)16/h2-5,9,14,17H,6-8H2,1H3. The summed E-state index contributed by atoms with van der Waals surface area (Å²) in [5.74, 6) is 0. The summed E-state index contributed by atoms with van der Waals surface area (Å²) in [5.41, 5.74) is 2.14. The number of rotatable bonds is 6. The van der Waals surface area contributed by atoms with Crippen LogP contribution in [0.3, 0.4) is 0 Å². The first-order valence-electron chi connectivity index (χ1n) is 6.14. The summed E-state index contributed by atoms with van der Waals surface area (Å²) in [6.45, 7) is 3.51. The van der Waals surface area contributed by atoms with E-state index < -0.39 is 6.43 Å². The van der Waals surface area contributed by atoms with Crippen LogP contribution < -0.4 is 5.32 Å². The van der Waals surface area contributed by atoms with Gasteiger partial charge in [0.25, 0.3) is 6.43 Å². The number of nitrogens with one attached hydrogen (secondary N) is 1. The topological polar surface area (TPSA) is 24.9 Å². The van der Waals surface area contributed by atoms with Gasteiger partial charge in [0.05, 0.1) is 5.01 Å². The van der Waals surface area contributed by atoms with Crippen molar-refractivity contribution in [2.24, 2.45) is 0 Å². The molecule has 0 amide bonds. The van der Waals surface area contributed by atoms with E-state index >= 15 is 0 Å². The Kier molecular flexibility index (Phi) is 4.99. The largest absolute Gasteiger partial charge is 0.312 e. The summed E-state index contributed by atoms with van der Waals surface area (Å²) in [6, 6.07) is 6.43. The molecular formula is C14H16F2N2S. The van der Waals surface area contributed by atoms with Crippen LogP contribution in [-0.2, 0) is 13.0 Å². The van der Waals surface area contributed by atoms with E-state index in [2.05, 4.69) is 10.3 Å². The molecule has 0 saturated carbocycles. The summed E-state index contributed by atoms with van der Waals surface area (Å²) in [6.07, 6.45) is -1.50. The lowest BCUT2D eigenvalue weighted by atomic mass is 10.1. The minimum absolute atomic E-state index is 0.0713. The Morgan fingerprint density at radius 3 is 2.58 bits per heavy atom. The molecule has 0 aliphatic heterocycles. The third-order valence-corrected chi connectivity index (χ3v) is 3.77. The van der Waals surface area contributed by atoms with Crippen molar-refractivity contribution >= 4 is 11.3 Å². The molecule has 0 aliphatic carbocycles. The SMILES string of the molecule is Cc1csc(CCNCc2ccc(C(F)F)cc2)n1. The fraction of sp³-hybridized carbons (Fsp3) is 0.357. The number of nitrogens with zero attached hydrogens (tertiary/aromatic N) is 1. The predicted octanol–water partition coefficient (Wildman–Crippen LogP) is 3.72. The fourth-order valence-electron chi connectivity index (χ4n) is 1.73. The van der Waals surface area contributed by atoms with Gasteiger partial charge >= 0.3 is 0 Å². The molecule has 2 nitrogen and oxygen atoms in total. The molecule has 102 valence electrons. The first-order valence-corrected chi connectivity index (χ1v) is 7.02. The van der Waals surface area contributed by atoms with Crippen molar-refractivity contribution in [2.75, 3.05) is 6.54 Å². The Morgan fingerprint density at radius 2 is 2.00 bits per heavy atom. The zero-order valence-electron chi connectivity index (χ0n) is 10.7. The van der Waals surface area contributed by atoms with Crippen molar-refractivity contribution in [1.82, 2.24) is 10.3 Å². The number of halogens is 2. The maximum absolute atomic E-state index is 12.4. The second kappa shape index (κ2) is 6.73. The van der Waals surface area contributed by atoms with Crippen LogP contribution in [-0.4, -0.2) is 11.5 Å². The van der Waals surface area contributed by atoms with Crippen LogP contribution >= 0.6 is 11.3 Å². The smallest absolute Gasteiger partial charge is 0.263 e. The molecule has 2 aromatic rings. The second-order valence-electron chi connectivity index (χ2n) is 4.35. The van der Waals surface area contributed by atoms with Crippen LogP contribution in [0.4, 0.5) is 8.78 Å². The maximum Gasteiger partial charge on any atom is 0.263 e. The van der Waals surface area contributed by atoms with E-state index in [0.29, 0.717) is 6.54 Å². The molecule has 0 spiro atoms. The molecular weight excluding hydrogens is 266 g/mol. The summed E-state index contributed by atoms with van der Waals surface area (Å²) in [7, 11) is 0. The van der Waals surface area contributed by atoms with Gasteiger partial charge in [-0.05, 0) is 12.5 Å². The number of aryl methyl sites for hydroxylation is 1. The van der Waals surface area contributed by atoms with Crippen LogP contribution in [0.5, 0.6) is 0 Å². The molecule has 0 atom stereocenters. The lowest BCUT2D eigenvalue weighted by molar-refractivity contribution is 0.151. The molecule has 0 radical (unpaired) electrons. The first kappa shape index (κ1) is 14.1. The number of benzene rings is 1. The number of hydrogen-bond acceptors (Lipinski definition) is 3. The number of aromatic nitrogens is 1. The van der Waals surface area contributed by atoms with Gasteiger partial charge in [-0.15, -0.1) is 11.3 Å². The molecule has 2 rings (SSSR count). The van der Waals surface area contributed by atoms with Crippen molar-refractivity contribution in [3.8, 4) is 0 Å². The third-order valence-electron chi connectivity index (χ3n) is 2.74. The normalized spacial score (nSPS) is 11.2. The van der Waals surface area contributed by atoms with Crippen molar-refractivity contribution in [1.29, 1.82) is 0 Å². The van der Waals surface area contributed by atoms with E-state index in [9.17, 15) is 8.78 Å². The molecule has 5 heteroatoms. The van der Waals surface area contributed by atoms with Gasteiger partial charge in [0.1, 0.15) is 0 Å². The fourth-order valence-corrected chi connectivity index (χ4v) is 2.50. The number of thiazole rings is 1. The molecule has 19 heavy (non-hydrogen) atoms. The van der Waals surface area contributed by atoms with Gasteiger partial charge in [0, 0.05) is 36.1 Å². The Hall–Kier alpha value is -1.33. The summed E-state index contributed by atoms with van der Waals surface area (Å²) >= 11 is 1.67. The zero-order valence-corrected chi connectivity index (χ0v) is 11.5. The molecule has 0 fully saturated rings. The highest BCUT2D eigenvalue weighted by molar-refractivity contribution is 7.09. The van der Waals surface area contributed by atoms with Crippen molar-refractivity contribution in [2.45, 2.75) is 26.3 Å². The first-order chi connectivity index (χ1) is 9.15. The molecule has 0 unspecified atom stereocenters. The third kappa shape index (κ3) is 4.36. The molecule has 0 saturated heterocycles. The van der Waals surface area contributed by atoms with Gasteiger partial charge in [-0.1, -0.05) is 24.3 Å². The van der Waals surface area contributed by atoms with E-state index in [1.165, 1.54) is 12.1 Å². The molecule has 0 bridgehead atoms. The van der Waals surface area contributed by atoms with Crippen LogP contribution in [0.2, 0.25) is 0 Å². The summed E-state index contributed by atoms with van der Waals surface area (Å²) < 4.78 is 24.7. The Bertz CT molecular complexity index is 508. The molecule has 1 heterocycles. The zero-order chi connectivity index (χ0) is 13.7. The quantitative estimate of drug-likeness (QED) is 0.817. The molecule has 1 N–H and O–H groups in total. The Balaban J connectivity index is 1.73. The lowest BCUT2D eigenvalue weighted by Crippen LogP contribution is -2.16. The van der Waals surface area contributed by atoms with Crippen molar-refractivity contribution in [3.63, 3.8) is 0 Å². The Morgan fingerprint density at radius 1 is 1.26 bits per heavy atom. The molecule has 1 aromatic carbocycles. The monoisotopic (exact) mass is 282 g/mol. The van der Waals surface area contributed by atoms with Gasteiger partial charge in [0.2, 0.25) is 0 Å². The lowest BCUT2D eigenvalue weighted by Gasteiger charge is -2.05. The summed E-state index contributed by atoms with van der Waals surface area (Å²) in [5, 5.41) is 6.45.